The van der Waals surface area contributed by atoms with Crippen LogP contribution in [0, 0.1) is 0 Å². The summed E-state index contributed by atoms with van der Waals surface area (Å²) in [5.41, 5.74) is 0.493. The summed E-state index contributed by atoms with van der Waals surface area (Å²) >= 11 is 5.99. The first-order valence-corrected chi connectivity index (χ1v) is 7.02. The molecule has 0 spiro atoms. The topological polar surface area (TPSA) is 69.6 Å². The lowest BCUT2D eigenvalue weighted by Gasteiger charge is -2.27. The molecule has 0 saturated carbocycles. The lowest BCUT2D eigenvalue weighted by atomic mass is 10.1. The molecule has 1 unspecified atom stereocenters. The van der Waals surface area contributed by atoms with Crippen molar-refractivity contribution in [1.29, 1.82) is 0 Å². The summed E-state index contributed by atoms with van der Waals surface area (Å²) in [4.78, 5) is 25.0. The van der Waals surface area contributed by atoms with Crippen LogP contribution < -0.4 is 5.32 Å². The number of likely N-dealkylation sites (tertiary alicyclic amines) is 1. The number of amides is 2. The molecular formula is C14H17ClN2O3. The Morgan fingerprint density at radius 3 is 2.70 bits per heavy atom. The van der Waals surface area contributed by atoms with E-state index >= 15 is 0 Å². The lowest BCUT2D eigenvalue weighted by Crippen LogP contribution is -2.46. The molecule has 6 heteroatoms. The number of nitrogens with zero attached hydrogens (tertiary/aromatic N) is 1. The maximum Gasteiger partial charge on any atom is 0.326 e. The number of aliphatic carboxylic acids is 1. The van der Waals surface area contributed by atoms with Crippen molar-refractivity contribution in [2.75, 3.05) is 11.9 Å². The van der Waals surface area contributed by atoms with Crippen molar-refractivity contribution in [2.45, 2.75) is 31.7 Å². The number of carbonyl (C=O) groups is 2. The number of carbonyl (C=O) groups excluding carboxylic acids is 1. The van der Waals surface area contributed by atoms with Gasteiger partial charge in [-0.25, -0.2) is 9.59 Å². The standard InChI is InChI=1S/C14H17ClN2O3/c15-10-6-3-4-7-11(10)16-14(20)17-9-5-1-2-8-12(17)13(18)19/h3-4,6-7,12H,1-2,5,8-9H2,(H,16,20)(H,18,19). The van der Waals surface area contributed by atoms with E-state index in [2.05, 4.69) is 5.32 Å². The summed E-state index contributed by atoms with van der Waals surface area (Å²) in [5.74, 6) is -0.957. The normalized spacial score (nSPS) is 19.2. The first-order chi connectivity index (χ1) is 9.59. The van der Waals surface area contributed by atoms with E-state index in [-0.39, 0.29) is 0 Å². The third-order valence-corrected chi connectivity index (χ3v) is 3.74. The first-order valence-electron chi connectivity index (χ1n) is 6.64. The predicted octanol–water partition coefficient (Wildman–Crippen LogP) is 3.20. The summed E-state index contributed by atoms with van der Waals surface area (Å²) in [7, 11) is 0. The van der Waals surface area contributed by atoms with Crippen molar-refractivity contribution in [3.05, 3.63) is 29.3 Å². The number of carboxylic acid groups (broad SMARTS) is 1. The third-order valence-electron chi connectivity index (χ3n) is 3.41. The third kappa shape index (κ3) is 3.42. The molecule has 1 aromatic rings. The fourth-order valence-corrected chi connectivity index (χ4v) is 2.54. The molecule has 1 atom stereocenters. The Hall–Kier alpha value is -1.75. The lowest BCUT2D eigenvalue weighted by molar-refractivity contribution is -0.142. The molecule has 1 aliphatic rings. The van der Waals surface area contributed by atoms with Gasteiger partial charge in [0.2, 0.25) is 0 Å². The van der Waals surface area contributed by atoms with Crippen molar-refractivity contribution in [2.24, 2.45) is 0 Å². The maximum atomic E-state index is 12.3. The largest absolute Gasteiger partial charge is 0.480 e. The number of rotatable bonds is 2. The van der Waals surface area contributed by atoms with Crippen molar-refractivity contribution >= 4 is 29.3 Å². The summed E-state index contributed by atoms with van der Waals surface area (Å²) < 4.78 is 0. The van der Waals surface area contributed by atoms with Gasteiger partial charge in [-0.2, -0.15) is 0 Å². The second-order valence-electron chi connectivity index (χ2n) is 4.81. The molecule has 0 radical (unpaired) electrons. The highest BCUT2D eigenvalue weighted by Crippen LogP contribution is 2.23. The minimum Gasteiger partial charge on any atom is -0.480 e. The van der Waals surface area contributed by atoms with Crippen molar-refractivity contribution in [1.82, 2.24) is 4.90 Å². The Bertz CT molecular complexity index is 507. The van der Waals surface area contributed by atoms with E-state index in [1.807, 2.05) is 0 Å². The number of hydrogen-bond acceptors (Lipinski definition) is 2. The van der Waals surface area contributed by atoms with E-state index < -0.39 is 18.0 Å². The molecule has 1 aliphatic heterocycles. The Labute approximate surface area is 122 Å². The highest BCUT2D eigenvalue weighted by Gasteiger charge is 2.30. The fraction of sp³-hybridized carbons (Fsp3) is 0.429. The van der Waals surface area contributed by atoms with E-state index in [0.717, 1.165) is 19.3 Å². The molecule has 20 heavy (non-hydrogen) atoms. The van der Waals surface area contributed by atoms with Gasteiger partial charge in [-0.3, -0.25) is 0 Å². The van der Waals surface area contributed by atoms with Gasteiger partial charge in [0.25, 0.3) is 0 Å². The second kappa shape index (κ2) is 6.61. The molecule has 2 N–H and O–H groups in total. The SMILES string of the molecule is O=C(O)C1CCCCCN1C(=O)Nc1ccccc1Cl. The number of benzene rings is 1. The number of para-hydroxylation sites is 1. The number of anilines is 1. The molecule has 2 amide bonds. The molecular weight excluding hydrogens is 280 g/mol. The summed E-state index contributed by atoms with van der Waals surface area (Å²) in [5, 5.41) is 12.4. The summed E-state index contributed by atoms with van der Waals surface area (Å²) in [6, 6.07) is 5.72. The van der Waals surface area contributed by atoms with Gasteiger partial charge in [0.05, 0.1) is 10.7 Å². The number of nitrogens with one attached hydrogen (secondary N) is 1. The van der Waals surface area contributed by atoms with Gasteiger partial charge in [-0.15, -0.1) is 0 Å². The zero-order valence-corrected chi connectivity index (χ0v) is 11.8. The van der Waals surface area contributed by atoms with Crippen molar-refractivity contribution in [3.8, 4) is 0 Å². The van der Waals surface area contributed by atoms with Gasteiger partial charge < -0.3 is 15.3 Å². The highest BCUT2D eigenvalue weighted by atomic mass is 35.5. The van der Waals surface area contributed by atoms with Gasteiger partial charge in [-0.05, 0) is 25.0 Å². The quantitative estimate of drug-likeness (QED) is 0.880. The minimum absolute atomic E-state index is 0.410. The average Bonchev–Trinajstić information content (AvgIpc) is 2.67. The van der Waals surface area contributed by atoms with Crippen LogP contribution in [0.4, 0.5) is 10.5 Å². The van der Waals surface area contributed by atoms with Crippen LogP contribution in [-0.2, 0) is 4.79 Å². The van der Waals surface area contributed by atoms with Crippen LogP contribution in [0.5, 0.6) is 0 Å². The van der Waals surface area contributed by atoms with Crippen molar-refractivity contribution in [3.63, 3.8) is 0 Å². The van der Waals surface area contributed by atoms with Crippen LogP contribution in [0.1, 0.15) is 25.7 Å². The molecule has 0 aliphatic carbocycles. The molecule has 5 nitrogen and oxygen atoms in total. The van der Waals surface area contributed by atoms with Gasteiger partial charge in [0.1, 0.15) is 6.04 Å². The van der Waals surface area contributed by atoms with Gasteiger partial charge in [0, 0.05) is 6.54 Å². The fourth-order valence-electron chi connectivity index (χ4n) is 2.36. The predicted molar refractivity (Wildman–Crippen MR) is 77.1 cm³/mol. The number of urea groups is 1. The van der Waals surface area contributed by atoms with Gasteiger partial charge in [-0.1, -0.05) is 36.6 Å². The average molecular weight is 297 g/mol. The van der Waals surface area contributed by atoms with Crippen LogP contribution in [0.2, 0.25) is 5.02 Å². The molecule has 1 heterocycles. The molecule has 0 bridgehead atoms. The van der Waals surface area contributed by atoms with E-state index in [0.29, 0.717) is 23.7 Å². The summed E-state index contributed by atoms with van der Waals surface area (Å²) in [6.45, 7) is 0.452. The van der Waals surface area contributed by atoms with E-state index in [1.165, 1.54) is 4.90 Å². The number of carboxylic acids is 1. The van der Waals surface area contributed by atoms with E-state index in [4.69, 9.17) is 11.6 Å². The molecule has 1 fully saturated rings. The zero-order chi connectivity index (χ0) is 14.5. The monoisotopic (exact) mass is 296 g/mol. The van der Waals surface area contributed by atoms with Crippen LogP contribution in [-0.4, -0.2) is 34.6 Å². The van der Waals surface area contributed by atoms with E-state index in [1.54, 1.807) is 24.3 Å². The second-order valence-corrected chi connectivity index (χ2v) is 5.21. The zero-order valence-electron chi connectivity index (χ0n) is 11.0. The smallest absolute Gasteiger partial charge is 0.326 e. The first kappa shape index (κ1) is 14.7. The van der Waals surface area contributed by atoms with Crippen molar-refractivity contribution < 1.29 is 14.7 Å². The molecule has 2 rings (SSSR count). The maximum absolute atomic E-state index is 12.3. The molecule has 108 valence electrons. The van der Waals surface area contributed by atoms with Crippen LogP contribution >= 0.6 is 11.6 Å². The van der Waals surface area contributed by atoms with Crippen LogP contribution in [0.15, 0.2) is 24.3 Å². The molecule has 1 aromatic carbocycles. The van der Waals surface area contributed by atoms with Crippen LogP contribution in [0.3, 0.4) is 0 Å². The number of hydrogen-bond donors (Lipinski definition) is 2. The Morgan fingerprint density at radius 1 is 1.25 bits per heavy atom. The number of halogens is 1. The Kier molecular flexibility index (Phi) is 4.84. The summed E-state index contributed by atoms with van der Waals surface area (Å²) in [6.07, 6.45) is 3.08. The van der Waals surface area contributed by atoms with E-state index in [9.17, 15) is 14.7 Å². The molecule has 1 saturated heterocycles. The van der Waals surface area contributed by atoms with Crippen LogP contribution in [0.25, 0.3) is 0 Å². The molecule has 0 aromatic heterocycles. The Morgan fingerprint density at radius 2 is 2.00 bits per heavy atom. The van der Waals surface area contributed by atoms with Gasteiger partial charge in [0.15, 0.2) is 0 Å². The Balaban J connectivity index is 2.13. The highest BCUT2D eigenvalue weighted by molar-refractivity contribution is 6.33. The van der Waals surface area contributed by atoms with Gasteiger partial charge >= 0.3 is 12.0 Å². The minimum atomic E-state index is -0.957.